The average molecular weight is 262 g/mol. The number of rotatable bonds is 4. The topological polar surface area (TPSA) is 73.6 Å². The van der Waals surface area contributed by atoms with Gasteiger partial charge < -0.3 is 14.6 Å². The van der Waals surface area contributed by atoms with E-state index in [2.05, 4.69) is 5.10 Å². The minimum absolute atomic E-state index is 0.0994. The number of aromatic nitrogens is 2. The smallest absolute Gasteiger partial charge is 0.362 e. The second kappa shape index (κ2) is 5.43. The first-order valence-corrected chi connectivity index (χ1v) is 5.76. The van der Waals surface area contributed by atoms with Gasteiger partial charge in [-0.25, -0.2) is 9.48 Å². The average Bonchev–Trinajstić information content (AvgIpc) is 2.81. The number of aromatic hydroxyl groups is 1. The van der Waals surface area contributed by atoms with Gasteiger partial charge in [0.15, 0.2) is 5.75 Å². The summed E-state index contributed by atoms with van der Waals surface area (Å²) in [6.07, 6.45) is 1.36. The largest absolute Gasteiger partial charge is 0.504 e. The summed E-state index contributed by atoms with van der Waals surface area (Å²) in [4.78, 5) is 11.5. The zero-order valence-corrected chi connectivity index (χ0v) is 10.7. The van der Waals surface area contributed by atoms with Crippen LogP contribution in [0.2, 0.25) is 0 Å². The van der Waals surface area contributed by atoms with Crippen molar-refractivity contribution >= 4 is 5.97 Å². The van der Waals surface area contributed by atoms with Gasteiger partial charge in [-0.3, -0.25) is 0 Å². The predicted octanol–water partition coefficient (Wildman–Crippen LogP) is 1.76. The molecule has 0 fully saturated rings. The molecule has 1 heterocycles. The van der Waals surface area contributed by atoms with Crippen LogP contribution in [-0.2, 0) is 4.74 Å². The lowest BCUT2D eigenvalue weighted by Crippen LogP contribution is -2.06. The second-order valence-corrected chi connectivity index (χ2v) is 3.73. The van der Waals surface area contributed by atoms with Crippen molar-refractivity contribution in [1.29, 1.82) is 0 Å². The van der Waals surface area contributed by atoms with Crippen LogP contribution in [0.4, 0.5) is 0 Å². The van der Waals surface area contributed by atoms with Gasteiger partial charge in [0.05, 0.1) is 25.6 Å². The van der Waals surface area contributed by atoms with E-state index in [1.807, 2.05) is 0 Å². The molecule has 0 aliphatic carbocycles. The lowest BCUT2D eigenvalue weighted by atomic mass is 10.3. The van der Waals surface area contributed by atoms with E-state index in [0.717, 1.165) is 0 Å². The highest BCUT2D eigenvalue weighted by atomic mass is 16.5. The number of esters is 1. The van der Waals surface area contributed by atoms with Gasteiger partial charge >= 0.3 is 5.97 Å². The molecule has 1 aromatic heterocycles. The maximum Gasteiger partial charge on any atom is 0.362 e. The Hall–Kier alpha value is -2.50. The van der Waals surface area contributed by atoms with Crippen LogP contribution >= 0.6 is 0 Å². The molecule has 19 heavy (non-hydrogen) atoms. The summed E-state index contributed by atoms with van der Waals surface area (Å²) in [6.45, 7) is 1.92. The lowest BCUT2D eigenvalue weighted by molar-refractivity contribution is 0.0515. The number of hydrogen-bond donors (Lipinski definition) is 1. The number of carbonyl (C=O) groups excluding carboxylic acids is 1. The molecule has 0 atom stereocenters. The summed E-state index contributed by atoms with van der Waals surface area (Å²) in [7, 11) is 1.58. The Labute approximate surface area is 110 Å². The van der Waals surface area contributed by atoms with Gasteiger partial charge in [-0.05, 0) is 31.2 Å². The SMILES string of the molecule is CCOC(=O)c1nn(-c2ccc(OC)cc2)cc1O. The zero-order valence-electron chi connectivity index (χ0n) is 10.7. The van der Waals surface area contributed by atoms with Crippen LogP contribution in [0.5, 0.6) is 11.5 Å². The molecule has 6 heteroatoms. The van der Waals surface area contributed by atoms with E-state index in [-0.39, 0.29) is 18.1 Å². The van der Waals surface area contributed by atoms with Crippen molar-refractivity contribution in [2.45, 2.75) is 6.92 Å². The number of hydrogen-bond acceptors (Lipinski definition) is 5. The van der Waals surface area contributed by atoms with Crippen molar-refractivity contribution in [3.63, 3.8) is 0 Å². The number of methoxy groups -OCH3 is 1. The molecule has 0 saturated heterocycles. The van der Waals surface area contributed by atoms with E-state index in [1.165, 1.54) is 10.9 Å². The van der Waals surface area contributed by atoms with Crippen LogP contribution in [0.3, 0.4) is 0 Å². The molecule has 2 rings (SSSR count). The van der Waals surface area contributed by atoms with Crippen molar-refractivity contribution in [3.05, 3.63) is 36.2 Å². The maximum absolute atomic E-state index is 11.5. The van der Waals surface area contributed by atoms with Crippen LogP contribution in [0, 0.1) is 0 Å². The molecule has 0 radical (unpaired) electrons. The Balaban J connectivity index is 2.30. The van der Waals surface area contributed by atoms with Crippen LogP contribution in [0.1, 0.15) is 17.4 Å². The first-order valence-electron chi connectivity index (χ1n) is 5.76. The Morgan fingerprint density at radius 2 is 2.05 bits per heavy atom. The third-order valence-electron chi connectivity index (χ3n) is 2.50. The molecule has 0 bridgehead atoms. The summed E-state index contributed by atoms with van der Waals surface area (Å²) < 4.78 is 11.3. The molecule has 0 unspecified atom stereocenters. The highest BCUT2D eigenvalue weighted by Crippen LogP contribution is 2.20. The molecule has 1 aromatic carbocycles. The van der Waals surface area contributed by atoms with Crippen LogP contribution in [0.25, 0.3) is 5.69 Å². The van der Waals surface area contributed by atoms with Crippen LogP contribution in [0.15, 0.2) is 30.5 Å². The van der Waals surface area contributed by atoms with Crippen molar-refractivity contribution in [2.75, 3.05) is 13.7 Å². The summed E-state index contributed by atoms with van der Waals surface area (Å²) in [6, 6.07) is 7.05. The van der Waals surface area contributed by atoms with E-state index in [4.69, 9.17) is 9.47 Å². The molecular weight excluding hydrogens is 248 g/mol. The molecule has 1 N–H and O–H groups in total. The molecule has 0 aliphatic heterocycles. The normalized spacial score (nSPS) is 10.2. The van der Waals surface area contributed by atoms with E-state index in [1.54, 1.807) is 38.3 Å². The molecule has 2 aromatic rings. The quantitative estimate of drug-likeness (QED) is 0.850. The number of ether oxygens (including phenoxy) is 2. The zero-order chi connectivity index (χ0) is 13.8. The first kappa shape index (κ1) is 12.9. The molecule has 0 aliphatic rings. The minimum Gasteiger partial charge on any atom is -0.504 e. The number of carbonyl (C=O) groups is 1. The van der Waals surface area contributed by atoms with E-state index >= 15 is 0 Å². The van der Waals surface area contributed by atoms with Gasteiger partial charge in [0.1, 0.15) is 5.75 Å². The van der Waals surface area contributed by atoms with Crippen LogP contribution < -0.4 is 4.74 Å². The Morgan fingerprint density at radius 3 is 2.63 bits per heavy atom. The van der Waals surface area contributed by atoms with Crippen molar-refractivity contribution in [1.82, 2.24) is 9.78 Å². The Morgan fingerprint density at radius 1 is 1.37 bits per heavy atom. The lowest BCUT2D eigenvalue weighted by Gasteiger charge is -2.02. The van der Waals surface area contributed by atoms with Gasteiger partial charge in [-0.2, -0.15) is 5.10 Å². The fourth-order valence-electron chi connectivity index (χ4n) is 1.58. The van der Waals surface area contributed by atoms with Crippen molar-refractivity contribution in [3.8, 4) is 17.2 Å². The van der Waals surface area contributed by atoms with Gasteiger partial charge in [0, 0.05) is 0 Å². The third kappa shape index (κ3) is 2.67. The summed E-state index contributed by atoms with van der Waals surface area (Å²) in [5.74, 6) is -0.146. The molecule has 100 valence electrons. The summed E-state index contributed by atoms with van der Waals surface area (Å²) >= 11 is 0. The minimum atomic E-state index is -0.646. The molecule has 0 spiro atoms. The maximum atomic E-state index is 11.5. The summed E-state index contributed by atoms with van der Waals surface area (Å²) in [5.41, 5.74) is 0.601. The van der Waals surface area contributed by atoms with Gasteiger partial charge in [0.2, 0.25) is 5.69 Å². The Bertz CT molecular complexity index is 575. The summed E-state index contributed by atoms with van der Waals surface area (Å²) in [5, 5.41) is 13.7. The van der Waals surface area contributed by atoms with Crippen molar-refractivity contribution in [2.24, 2.45) is 0 Å². The highest BCUT2D eigenvalue weighted by Gasteiger charge is 2.17. The van der Waals surface area contributed by atoms with Gasteiger partial charge in [-0.1, -0.05) is 0 Å². The van der Waals surface area contributed by atoms with Crippen LogP contribution in [-0.4, -0.2) is 34.6 Å². The monoisotopic (exact) mass is 262 g/mol. The first-order chi connectivity index (χ1) is 9.15. The van der Waals surface area contributed by atoms with Gasteiger partial charge in [-0.15, -0.1) is 0 Å². The van der Waals surface area contributed by atoms with E-state index in [0.29, 0.717) is 11.4 Å². The molecule has 6 nitrogen and oxygen atoms in total. The third-order valence-corrected chi connectivity index (χ3v) is 2.50. The van der Waals surface area contributed by atoms with Gasteiger partial charge in [0.25, 0.3) is 0 Å². The number of nitrogens with zero attached hydrogens (tertiary/aromatic N) is 2. The fourth-order valence-corrected chi connectivity index (χ4v) is 1.58. The highest BCUT2D eigenvalue weighted by molar-refractivity contribution is 5.90. The fraction of sp³-hybridized carbons (Fsp3) is 0.231. The second-order valence-electron chi connectivity index (χ2n) is 3.73. The van der Waals surface area contributed by atoms with E-state index < -0.39 is 5.97 Å². The Kier molecular flexibility index (Phi) is 3.70. The van der Waals surface area contributed by atoms with E-state index in [9.17, 15) is 9.90 Å². The van der Waals surface area contributed by atoms with Crippen molar-refractivity contribution < 1.29 is 19.4 Å². The number of benzene rings is 1. The molecule has 0 saturated carbocycles. The molecule has 0 amide bonds. The predicted molar refractivity (Wildman–Crippen MR) is 67.7 cm³/mol. The molecular formula is C13H14N2O4. The standard InChI is InChI=1S/C13H14N2O4/c1-3-19-13(17)12-11(16)8-15(14-12)9-4-6-10(18-2)7-5-9/h4-8,16H,3H2,1-2H3.